The Kier molecular flexibility index (Phi) is 6.30. The average Bonchev–Trinajstić information content (AvgIpc) is 2.24. The van der Waals surface area contributed by atoms with Crippen LogP contribution in [0, 0.1) is 0 Å². The van der Waals surface area contributed by atoms with Crippen molar-refractivity contribution in [1.82, 2.24) is 0 Å². The van der Waals surface area contributed by atoms with Crippen molar-refractivity contribution in [3.05, 3.63) is 0 Å². The highest BCUT2D eigenvalue weighted by molar-refractivity contribution is 4.69. The molecule has 0 rings (SSSR count). The standard InChI is InChI=1S/C9H10F10O2/c1-2-5(21-9(18,19)7(13,14)15)3-4-20-8(16,17)6(10,11)12/h5H,2-4H2,1H3. The minimum atomic E-state index is -6.03. The first-order valence-electron chi connectivity index (χ1n) is 5.35. The van der Waals surface area contributed by atoms with Crippen LogP contribution in [0.25, 0.3) is 0 Å². The molecule has 0 aliphatic heterocycles. The first-order valence-corrected chi connectivity index (χ1v) is 5.35. The number of halogens is 10. The number of ether oxygens (including phenoxy) is 2. The molecule has 2 nitrogen and oxygen atoms in total. The largest absolute Gasteiger partial charge is 0.482 e. The van der Waals surface area contributed by atoms with Crippen molar-refractivity contribution in [3.8, 4) is 0 Å². The van der Waals surface area contributed by atoms with E-state index in [0.717, 1.165) is 6.92 Å². The van der Waals surface area contributed by atoms with Gasteiger partial charge in [-0.1, -0.05) is 6.92 Å². The van der Waals surface area contributed by atoms with Crippen LogP contribution in [0.3, 0.4) is 0 Å². The Morgan fingerprint density at radius 2 is 1.19 bits per heavy atom. The maximum absolute atomic E-state index is 12.5. The molecule has 0 radical (unpaired) electrons. The molecule has 0 bridgehead atoms. The summed E-state index contributed by atoms with van der Waals surface area (Å²) in [4.78, 5) is 0. The summed E-state index contributed by atoms with van der Waals surface area (Å²) < 4.78 is 127. The van der Waals surface area contributed by atoms with Crippen molar-refractivity contribution < 1.29 is 53.4 Å². The third-order valence-corrected chi connectivity index (χ3v) is 2.15. The van der Waals surface area contributed by atoms with Crippen LogP contribution < -0.4 is 0 Å². The highest BCUT2D eigenvalue weighted by Gasteiger charge is 2.61. The highest BCUT2D eigenvalue weighted by atomic mass is 19.4. The molecule has 0 fully saturated rings. The predicted octanol–water partition coefficient (Wildman–Crippen LogP) is 4.50. The molecule has 0 spiro atoms. The molecule has 0 aliphatic carbocycles. The molecule has 0 amide bonds. The van der Waals surface area contributed by atoms with Crippen molar-refractivity contribution in [3.63, 3.8) is 0 Å². The molecule has 0 saturated carbocycles. The Labute approximate surface area is 112 Å². The lowest BCUT2D eigenvalue weighted by atomic mass is 10.2. The van der Waals surface area contributed by atoms with Gasteiger partial charge in [-0.3, -0.25) is 0 Å². The summed E-state index contributed by atoms with van der Waals surface area (Å²) in [6.45, 7) is -0.335. The van der Waals surface area contributed by atoms with Gasteiger partial charge in [0.1, 0.15) is 0 Å². The fraction of sp³-hybridized carbons (Fsp3) is 1.00. The molecule has 0 aliphatic rings. The van der Waals surface area contributed by atoms with Gasteiger partial charge >= 0.3 is 24.6 Å². The summed E-state index contributed by atoms with van der Waals surface area (Å²) in [6.07, 6.45) is -26.5. The van der Waals surface area contributed by atoms with E-state index in [1.165, 1.54) is 0 Å². The highest BCUT2D eigenvalue weighted by Crippen LogP contribution is 2.39. The lowest BCUT2D eigenvalue weighted by Gasteiger charge is -2.26. The molecular formula is C9H10F10O2. The van der Waals surface area contributed by atoms with Gasteiger partial charge in [-0.25, -0.2) is 0 Å². The summed E-state index contributed by atoms with van der Waals surface area (Å²) in [5.74, 6) is 0. The fourth-order valence-corrected chi connectivity index (χ4v) is 1.02. The van der Waals surface area contributed by atoms with Crippen LogP contribution in [-0.2, 0) is 9.47 Å². The Balaban J connectivity index is 4.49. The monoisotopic (exact) mass is 340 g/mol. The summed E-state index contributed by atoms with van der Waals surface area (Å²) >= 11 is 0. The van der Waals surface area contributed by atoms with Crippen molar-refractivity contribution in [1.29, 1.82) is 0 Å². The number of rotatable bonds is 7. The second-order valence-corrected chi connectivity index (χ2v) is 3.81. The fourth-order valence-electron chi connectivity index (χ4n) is 1.02. The van der Waals surface area contributed by atoms with E-state index in [0.29, 0.717) is 0 Å². The Morgan fingerprint density at radius 3 is 1.52 bits per heavy atom. The number of alkyl halides is 10. The molecule has 0 heterocycles. The van der Waals surface area contributed by atoms with Gasteiger partial charge < -0.3 is 9.47 Å². The molecule has 0 aromatic heterocycles. The maximum atomic E-state index is 12.5. The summed E-state index contributed by atoms with van der Waals surface area (Å²) in [5, 5.41) is 0. The Bertz CT molecular complexity index is 321. The summed E-state index contributed by atoms with van der Waals surface area (Å²) in [6, 6.07) is 0. The molecule has 0 aromatic carbocycles. The van der Waals surface area contributed by atoms with Crippen molar-refractivity contribution in [2.24, 2.45) is 0 Å². The van der Waals surface area contributed by atoms with E-state index in [2.05, 4.69) is 9.47 Å². The van der Waals surface area contributed by atoms with E-state index in [9.17, 15) is 43.9 Å². The Hall–Kier alpha value is -0.780. The third kappa shape index (κ3) is 5.85. The summed E-state index contributed by atoms with van der Waals surface area (Å²) in [7, 11) is 0. The first kappa shape index (κ1) is 20.2. The molecule has 128 valence electrons. The summed E-state index contributed by atoms with van der Waals surface area (Å²) in [5.41, 5.74) is 0. The normalized spacial score (nSPS) is 16.1. The van der Waals surface area contributed by atoms with Crippen LogP contribution in [0.1, 0.15) is 19.8 Å². The van der Waals surface area contributed by atoms with Gasteiger partial charge in [-0.05, 0) is 12.8 Å². The smallest absolute Gasteiger partial charge is 0.313 e. The maximum Gasteiger partial charge on any atom is 0.482 e. The van der Waals surface area contributed by atoms with E-state index in [-0.39, 0.29) is 0 Å². The van der Waals surface area contributed by atoms with E-state index in [1.54, 1.807) is 0 Å². The minimum absolute atomic E-state index is 0.480. The molecular weight excluding hydrogens is 330 g/mol. The van der Waals surface area contributed by atoms with Gasteiger partial charge in [0.25, 0.3) is 0 Å². The zero-order valence-corrected chi connectivity index (χ0v) is 10.3. The minimum Gasteiger partial charge on any atom is -0.313 e. The van der Waals surface area contributed by atoms with Gasteiger partial charge in [0.2, 0.25) is 0 Å². The molecule has 1 unspecified atom stereocenters. The van der Waals surface area contributed by atoms with Crippen molar-refractivity contribution in [2.45, 2.75) is 50.4 Å². The molecule has 0 N–H and O–H groups in total. The molecule has 12 heteroatoms. The zero-order valence-electron chi connectivity index (χ0n) is 10.3. The topological polar surface area (TPSA) is 18.5 Å². The molecule has 21 heavy (non-hydrogen) atoms. The van der Waals surface area contributed by atoms with Crippen LogP contribution in [0.5, 0.6) is 0 Å². The van der Waals surface area contributed by atoms with Gasteiger partial charge in [-0.2, -0.15) is 43.9 Å². The van der Waals surface area contributed by atoms with Gasteiger partial charge in [0, 0.05) is 0 Å². The molecule has 0 saturated heterocycles. The number of hydrogen-bond donors (Lipinski definition) is 0. The molecule has 1 atom stereocenters. The van der Waals surface area contributed by atoms with E-state index < -0.39 is 50.1 Å². The van der Waals surface area contributed by atoms with Crippen LogP contribution in [0.2, 0.25) is 0 Å². The van der Waals surface area contributed by atoms with Crippen LogP contribution >= 0.6 is 0 Å². The lowest BCUT2D eigenvalue weighted by molar-refractivity contribution is -0.407. The van der Waals surface area contributed by atoms with Crippen LogP contribution in [0.15, 0.2) is 0 Å². The van der Waals surface area contributed by atoms with Gasteiger partial charge in [0.05, 0.1) is 12.7 Å². The van der Waals surface area contributed by atoms with Crippen molar-refractivity contribution >= 4 is 0 Å². The SMILES string of the molecule is CCC(CCOC(F)(F)C(F)(F)F)OC(F)(F)C(F)(F)F. The van der Waals surface area contributed by atoms with E-state index in [1.807, 2.05) is 0 Å². The van der Waals surface area contributed by atoms with Crippen LogP contribution in [-0.4, -0.2) is 37.3 Å². The van der Waals surface area contributed by atoms with Crippen molar-refractivity contribution in [2.75, 3.05) is 6.61 Å². The van der Waals surface area contributed by atoms with E-state index >= 15 is 0 Å². The molecule has 0 aromatic rings. The average molecular weight is 340 g/mol. The third-order valence-electron chi connectivity index (χ3n) is 2.15. The van der Waals surface area contributed by atoms with E-state index in [4.69, 9.17) is 0 Å². The van der Waals surface area contributed by atoms with Gasteiger partial charge in [0.15, 0.2) is 0 Å². The Morgan fingerprint density at radius 1 is 0.762 bits per heavy atom. The second kappa shape index (κ2) is 6.55. The number of hydrogen-bond acceptors (Lipinski definition) is 2. The lowest BCUT2D eigenvalue weighted by Crippen LogP contribution is -2.43. The van der Waals surface area contributed by atoms with Gasteiger partial charge in [-0.15, -0.1) is 0 Å². The quantitative estimate of drug-likeness (QED) is 0.636. The predicted molar refractivity (Wildman–Crippen MR) is 47.7 cm³/mol. The van der Waals surface area contributed by atoms with Crippen LogP contribution in [0.4, 0.5) is 43.9 Å². The first-order chi connectivity index (χ1) is 9.14. The zero-order chi connectivity index (χ0) is 17.1. The second-order valence-electron chi connectivity index (χ2n) is 3.81.